The fourth-order valence-electron chi connectivity index (χ4n) is 1.23. The molecule has 0 saturated carbocycles. The lowest BCUT2D eigenvalue weighted by atomic mass is 10.3. The van der Waals surface area contributed by atoms with Crippen LogP contribution in [0.3, 0.4) is 0 Å². The third kappa shape index (κ3) is 0.740. The lowest BCUT2D eigenvalue weighted by Gasteiger charge is -2.04. The molecule has 2 saturated heterocycles. The smallest absolute Gasteiger partial charge is 0.0622 e. The molecular formula is C6H11NO. The van der Waals surface area contributed by atoms with Gasteiger partial charge >= 0.3 is 0 Å². The van der Waals surface area contributed by atoms with Gasteiger partial charge in [-0.05, 0) is 6.42 Å². The largest absolute Gasteiger partial charge is 0.380 e. The fraction of sp³-hybridized carbons (Fsp3) is 1.00. The molecule has 2 heterocycles. The van der Waals surface area contributed by atoms with Gasteiger partial charge in [-0.2, -0.15) is 0 Å². The highest BCUT2D eigenvalue weighted by Crippen LogP contribution is 2.17. The van der Waals surface area contributed by atoms with E-state index in [1.54, 1.807) is 0 Å². The Kier molecular flexibility index (Phi) is 1.02. The molecule has 2 fully saturated rings. The van der Waals surface area contributed by atoms with Crippen molar-refractivity contribution in [3.63, 3.8) is 0 Å². The van der Waals surface area contributed by atoms with Crippen molar-refractivity contribution >= 4 is 0 Å². The molecule has 0 amide bonds. The van der Waals surface area contributed by atoms with Gasteiger partial charge in [0.15, 0.2) is 0 Å². The van der Waals surface area contributed by atoms with Gasteiger partial charge in [-0.3, -0.25) is 4.90 Å². The third-order valence-corrected chi connectivity index (χ3v) is 1.90. The van der Waals surface area contributed by atoms with E-state index in [2.05, 4.69) is 4.90 Å². The van der Waals surface area contributed by atoms with Crippen LogP contribution in [0.4, 0.5) is 0 Å². The van der Waals surface area contributed by atoms with Crippen LogP contribution in [-0.2, 0) is 4.74 Å². The van der Waals surface area contributed by atoms with Gasteiger partial charge < -0.3 is 4.74 Å². The molecule has 2 heteroatoms. The summed E-state index contributed by atoms with van der Waals surface area (Å²) in [7, 11) is 0. The molecule has 2 rings (SSSR count). The van der Waals surface area contributed by atoms with Crippen LogP contribution in [0, 0.1) is 0 Å². The van der Waals surface area contributed by atoms with Gasteiger partial charge in [-0.15, -0.1) is 0 Å². The molecule has 2 aliphatic rings. The molecular weight excluding hydrogens is 102 g/mol. The average molecular weight is 113 g/mol. The summed E-state index contributed by atoms with van der Waals surface area (Å²) in [5.74, 6) is 0. The van der Waals surface area contributed by atoms with Crippen molar-refractivity contribution in [1.29, 1.82) is 0 Å². The second-order valence-electron chi connectivity index (χ2n) is 2.55. The normalized spacial score (nSPS) is 38.2. The summed E-state index contributed by atoms with van der Waals surface area (Å²) in [5.41, 5.74) is 0. The van der Waals surface area contributed by atoms with Gasteiger partial charge in [-0.25, -0.2) is 0 Å². The molecule has 0 bridgehead atoms. The van der Waals surface area contributed by atoms with Crippen molar-refractivity contribution in [3.05, 3.63) is 0 Å². The summed E-state index contributed by atoms with van der Waals surface area (Å²) >= 11 is 0. The summed E-state index contributed by atoms with van der Waals surface area (Å²) < 4.78 is 5.22. The highest BCUT2D eigenvalue weighted by Gasteiger charge is 2.29. The molecule has 2 aliphatic heterocycles. The van der Waals surface area contributed by atoms with E-state index in [1.165, 1.54) is 19.5 Å². The predicted octanol–water partition coefficient (Wildman–Crippen LogP) is 0.0909. The summed E-state index contributed by atoms with van der Waals surface area (Å²) in [5, 5.41) is 0. The Morgan fingerprint density at radius 1 is 1.38 bits per heavy atom. The van der Waals surface area contributed by atoms with Crippen molar-refractivity contribution < 1.29 is 4.74 Å². The first kappa shape index (κ1) is 4.77. The summed E-state index contributed by atoms with van der Waals surface area (Å²) in [4.78, 5) is 2.47. The molecule has 0 aliphatic carbocycles. The maximum Gasteiger partial charge on any atom is 0.0622 e. The highest BCUT2D eigenvalue weighted by molar-refractivity contribution is 4.84. The molecule has 8 heavy (non-hydrogen) atoms. The number of rotatable bonds is 1. The van der Waals surface area contributed by atoms with Crippen LogP contribution in [-0.4, -0.2) is 37.2 Å². The third-order valence-electron chi connectivity index (χ3n) is 1.90. The molecule has 2 nitrogen and oxygen atoms in total. The molecule has 0 N–H and O–H groups in total. The molecule has 0 spiro atoms. The Bertz CT molecular complexity index is 84.5. The Hall–Kier alpha value is -0.0800. The van der Waals surface area contributed by atoms with E-state index in [0.29, 0.717) is 0 Å². The number of hydrogen-bond acceptors (Lipinski definition) is 2. The van der Waals surface area contributed by atoms with E-state index in [0.717, 1.165) is 19.3 Å². The van der Waals surface area contributed by atoms with Gasteiger partial charge in [0.2, 0.25) is 0 Å². The fourth-order valence-corrected chi connectivity index (χ4v) is 1.23. The summed E-state index contributed by atoms with van der Waals surface area (Å²) in [6.07, 6.45) is 1.26. The average Bonchev–Trinajstić information content (AvgIpc) is 2.49. The van der Waals surface area contributed by atoms with Crippen LogP contribution in [0.2, 0.25) is 0 Å². The van der Waals surface area contributed by atoms with Gasteiger partial charge in [0.1, 0.15) is 0 Å². The van der Waals surface area contributed by atoms with E-state index >= 15 is 0 Å². The SMILES string of the molecule is C1CC(N2CC2)CO1. The topological polar surface area (TPSA) is 12.2 Å². The first-order chi connectivity index (χ1) is 3.97. The van der Waals surface area contributed by atoms with E-state index in [-0.39, 0.29) is 0 Å². The van der Waals surface area contributed by atoms with E-state index in [9.17, 15) is 0 Å². The number of ether oxygens (including phenoxy) is 1. The van der Waals surface area contributed by atoms with Crippen LogP contribution < -0.4 is 0 Å². The predicted molar refractivity (Wildman–Crippen MR) is 30.8 cm³/mol. The van der Waals surface area contributed by atoms with Crippen molar-refractivity contribution in [2.45, 2.75) is 12.5 Å². The van der Waals surface area contributed by atoms with Crippen molar-refractivity contribution in [2.24, 2.45) is 0 Å². The lowest BCUT2D eigenvalue weighted by Crippen LogP contribution is -2.17. The number of nitrogens with zero attached hydrogens (tertiary/aromatic N) is 1. The Morgan fingerprint density at radius 3 is 2.75 bits per heavy atom. The van der Waals surface area contributed by atoms with Gasteiger partial charge in [0.25, 0.3) is 0 Å². The molecule has 0 radical (unpaired) electrons. The molecule has 1 unspecified atom stereocenters. The minimum atomic E-state index is 0.787. The van der Waals surface area contributed by atoms with Crippen LogP contribution in [0.25, 0.3) is 0 Å². The number of hydrogen-bond donors (Lipinski definition) is 0. The van der Waals surface area contributed by atoms with Crippen LogP contribution in [0.1, 0.15) is 6.42 Å². The van der Waals surface area contributed by atoms with Crippen LogP contribution in [0.15, 0.2) is 0 Å². The molecule has 0 aromatic rings. The Labute approximate surface area is 49.4 Å². The maximum absolute atomic E-state index is 5.22. The second kappa shape index (κ2) is 1.71. The molecule has 46 valence electrons. The lowest BCUT2D eigenvalue weighted by molar-refractivity contribution is 0.182. The minimum Gasteiger partial charge on any atom is -0.380 e. The van der Waals surface area contributed by atoms with E-state index < -0.39 is 0 Å². The molecule has 0 aromatic heterocycles. The summed E-state index contributed by atoms with van der Waals surface area (Å²) in [6, 6.07) is 0.787. The quantitative estimate of drug-likeness (QED) is 0.447. The highest BCUT2D eigenvalue weighted by atomic mass is 16.5. The van der Waals surface area contributed by atoms with E-state index in [1.807, 2.05) is 0 Å². The molecule has 0 aromatic carbocycles. The zero-order chi connectivity index (χ0) is 5.40. The van der Waals surface area contributed by atoms with Crippen LogP contribution in [0.5, 0.6) is 0 Å². The second-order valence-corrected chi connectivity index (χ2v) is 2.55. The van der Waals surface area contributed by atoms with Gasteiger partial charge in [0.05, 0.1) is 6.61 Å². The van der Waals surface area contributed by atoms with E-state index in [4.69, 9.17) is 4.74 Å². The molecule has 1 atom stereocenters. The zero-order valence-corrected chi connectivity index (χ0v) is 4.97. The first-order valence-electron chi connectivity index (χ1n) is 3.28. The minimum absolute atomic E-state index is 0.787. The van der Waals surface area contributed by atoms with Gasteiger partial charge in [-0.1, -0.05) is 0 Å². The first-order valence-corrected chi connectivity index (χ1v) is 3.28. The zero-order valence-electron chi connectivity index (χ0n) is 4.97. The van der Waals surface area contributed by atoms with Gasteiger partial charge in [0, 0.05) is 25.7 Å². The monoisotopic (exact) mass is 113 g/mol. The Balaban J connectivity index is 1.86. The Morgan fingerprint density at radius 2 is 2.25 bits per heavy atom. The maximum atomic E-state index is 5.22. The van der Waals surface area contributed by atoms with Crippen molar-refractivity contribution in [1.82, 2.24) is 4.90 Å². The van der Waals surface area contributed by atoms with Crippen molar-refractivity contribution in [2.75, 3.05) is 26.3 Å². The van der Waals surface area contributed by atoms with Crippen LogP contribution >= 0.6 is 0 Å². The van der Waals surface area contributed by atoms with Crippen molar-refractivity contribution in [3.8, 4) is 0 Å². The summed E-state index contributed by atoms with van der Waals surface area (Å²) in [6.45, 7) is 4.60. The standard InChI is InChI=1S/C6H11NO/c1-4-8-5-6(1)7-2-3-7/h6H,1-5H2.